The van der Waals surface area contributed by atoms with E-state index < -0.39 is 0 Å². The van der Waals surface area contributed by atoms with Gasteiger partial charge >= 0.3 is 0 Å². The molecule has 0 amide bonds. The maximum absolute atomic E-state index is 9.21. The minimum absolute atomic E-state index is 0.0474. The van der Waals surface area contributed by atoms with Crippen LogP contribution in [0.15, 0.2) is 23.6 Å². The Balaban J connectivity index is 1.83. The average Bonchev–Trinajstić information content (AvgIpc) is 3.22. The number of aliphatic hydroxyl groups is 1. The van der Waals surface area contributed by atoms with Crippen LogP contribution in [0.2, 0.25) is 0 Å². The largest absolute Gasteiger partial charge is 0.394 e. The first-order valence-corrected chi connectivity index (χ1v) is 8.86. The molecule has 23 heavy (non-hydrogen) atoms. The van der Waals surface area contributed by atoms with Crippen molar-refractivity contribution in [1.29, 1.82) is 0 Å². The van der Waals surface area contributed by atoms with Gasteiger partial charge in [-0.15, -0.1) is 11.8 Å². The molecular formula is C15H21N5O2S. The number of imidazole rings is 1. The van der Waals surface area contributed by atoms with Gasteiger partial charge in [0.15, 0.2) is 17.0 Å². The highest BCUT2D eigenvalue weighted by Crippen LogP contribution is 2.31. The normalized spacial score (nSPS) is 22.0. The van der Waals surface area contributed by atoms with Crippen molar-refractivity contribution in [2.75, 3.05) is 24.7 Å². The second-order valence-electron chi connectivity index (χ2n) is 5.33. The summed E-state index contributed by atoms with van der Waals surface area (Å²) in [6.07, 6.45) is 8.86. The van der Waals surface area contributed by atoms with Gasteiger partial charge in [-0.25, -0.2) is 15.0 Å². The molecule has 0 aliphatic carbocycles. The van der Waals surface area contributed by atoms with Crippen LogP contribution in [0, 0.1) is 0 Å². The molecule has 8 heteroatoms. The lowest BCUT2D eigenvalue weighted by molar-refractivity contribution is -0.0207. The summed E-state index contributed by atoms with van der Waals surface area (Å²) in [6, 6.07) is 0. The van der Waals surface area contributed by atoms with Gasteiger partial charge in [0.05, 0.1) is 19.0 Å². The number of ether oxygens (including phenoxy) is 1. The van der Waals surface area contributed by atoms with Gasteiger partial charge in [-0.3, -0.25) is 4.57 Å². The molecule has 1 saturated heterocycles. The molecule has 2 atom stereocenters. The third kappa shape index (κ3) is 3.34. The molecule has 0 bridgehead atoms. The van der Waals surface area contributed by atoms with Crippen molar-refractivity contribution < 1.29 is 9.84 Å². The fourth-order valence-corrected chi connectivity index (χ4v) is 3.13. The fourth-order valence-electron chi connectivity index (χ4n) is 2.68. The summed E-state index contributed by atoms with van der Waals surface area (Å²) >= 11 is 1.71. The maximum atomic E-state index is 9.21. The number of aliphatic hydroxyl groups excluding tert-OH is 1. The second kappa shape index (κ2) is 7.29. The second-order valence-corrected chi connectivity index (χ2v) is 6.26. The number of nitrogens with zero attached hydrogens (tertiary/aromatic N) is 4. The van der Waals surface area contributed by atoms with Crippen LogP contribution in [0.5, 0.6) is 0 Å². The number of nitrogens with one attached hydrogen (secondary N) is 1. The van der Waals surface area contributed by atoms with E-state index in [-0.39, 0.29) is 18.9 Å². The Hall–Kier alpha value is -1.64. The predicted octanol–water partition coefficient (Wildman–Crippen LogP) is 2.17. The number of allylic oxidation sites excluding steroid dienone is 1. The summed E-state index contributed by atoms with van der Waals surface area (Å²) in [7, 11) is 0. The van der Waals surface area contributed by atoms with E-state index in [1.54, 1.807) is 18.1 Å². The molecule has 124 valence electrons. The molecule has 2 N–H and O–H groups in total. The molecule has 3 rings (SSSR count). The summed E-state index contributed by atoms with van der Waals surface area (Å²) in [5.41, 5.74) is 1.48. The van der Waals surface area contributed by atoms with Crippen LogP contribution in [-0.2, 0) is 4.74 Å². The van der Waals surface area contributed by atoms with E-state index in [0.29, 0.717) is 6.54 Å². The Morgan fingerprint density at radius 3 is 3.04 bits per heavy atom. The lowest BCUT2D eigenvalue weighted by Gasteiger charge is -2.14. The maximum Gasteiger partial charge on any atom is 0.167 e. The molecule has 7 nitrogen and oxygen atoms in total. The van der Waals surface area contributed by atoms with Crippen LogP contribution < -0.4 is 5.32 Å². The van der Waals surface area contributed by atoms with Gasteiger partial charge in [-0.2, -0.15) is 0 Å². The smallest absolute Gasteiger partial charge is 0.167 e. The van der Waals surface area contributed by atoms with Crippen LogP contribution in [-0.4, -0.2) is 50.1 Å². The topological polar surface area (TPSA) is 85.1 Å². The van der Waals surface area contributed by atoms with Gasteiger partial charge < -0.3 is 15.2 Å². The van der Waals surface area contributed by atoms with Gasteiger partial charge in [0, 0.05) is 6.54 Å². The van der Waals surface area contributed by atoms with Crippen molar-refractivity contribution >= 4 is 28.7 Å². The predicted molar refractivity (Wildman–Crippen MR) is 91.3 cm³/mol. The Labute approximate surface area is 139 Å². The standard InChI is InChI=1S/C15H21N5O2S/c1-3-11(23-2)6-16-14-13-15(18-8-17-14)20(9-19-13)12-5-4-10(7-21)22-12/h3,8-10,12,21H,4-7H2,1-2H3,(H,16,17,18)/b11-3-. The Morgan fingerprint density at radius 2 is 2.35 bits per heavy atom. The Bertz CT molecular complexity index is 702. The molecule has 0 aromatic carbocycles. The SMILES string of the molecule is C/C=C(/CNc1ncnc2c1ncn2C1CCC(CO)O1)SC. The van der Waals surface area contributed by atoms with E-state index in [4.69, 9.17) is 4.74 Å². The van der Waals surface area contributed by atoms with Crippen molar-refractivity contribution in [2.45, 2.75) is 32.1 Å². The molecule has 0 saturated carbocycles. The van der Waals surface area contributed by atoms with Crippen LogP contribution in [0.3, 0.4) is 0 Å². The van der Waals surface area contributed by atoms with E-state index in [1.807, 2.05) is 11.5 Å². The van der Waals surface area contributed by atoms with Gasteiger partial charge in [0.25, 0.3) is 0 Å². The van der Waals surface area contributed by atoms with Crippen molar-refractivity contribution in [3.05, 3.63) is 23.6 Å². The molecule has 1 aliphatic heterocycles. The number of rotatable bonds is 6. The van der Waals surface area contributed by atoms with E-state index in [9.17, 15) is 5.11 Å². The highest BCUT2D eigenvalue weighted by atomic mass is 32.2. The highest BCUT2D eigenvalue weighted by Gasteiger charge is 2.27. The summed E-state index contributed by atoms with van der Waals surface area (Å²) in [5, 5.41) is 12.5. The van der Waals surface area contributed by atoms with Crippen molar-refractivity contribution in [1.82, 2.24) is 19.5 Å². The van der Waals surface area contributed by atoms with Crippen molar-refractivity contribution in [3.63, 3.8) is 0 Å². The Morgan fingerprint density at radius 1 is 1.48 bits per heavy atom. The molecule has 1 fully saturated rings. The van der Waals surface area contributed by atoms with E-state index in [0.717, 1.165) is 29.8 Å². The van der Waals surface area contributed by atoms with Crippen molar-refractivity contribution in [2.24, 2.45) is 0 Å². The lowest BCUT2D eigenvalue weighted by Crippen LogP contribution is -2.14. The molecule has 0 radical (unpaired) electrons. The zero-order chi connectivity index (χ0) is 16.2. The quantitative estimate of drug-likeness (QED) is 0.837. The fraction of sp³-hybridized carbons (Fsp3) is 0.533. The molecule has 3 heterocycles. The highest BCUT2D eigenvalue weighted by molar-refractivity contribution is 8.02. The third-order valence-corrected chi connectivity index (χ3v) is 4.88. The minimum atomic E-state index is -0.128. The molecular weight excluding hydrogens is 314 g/mol. The first-order valence-electron chi connectivity index (χ1n) is 7.63. The first-order chi connectivity index (χ1) is 11.3. The van der Waals surface area contributed by atoms with Crippen molar-refractivity contribution in [3.8, 4) is 0 Å². The van der Waals surface area contributed by atoms with E-state index >= 15 is 0 Å². The minimum Gasteiger partial charge on any atom is -0.394 e. The lowest BCUT2D eigenvalue weighted by atomic mass is 10.2. The number of fused-ring (bicyclic) bond motifs is 1. The van der Waals surface area contributed by atoms with Gasteiger partial charge in [-0.05, 0) is 30.9 Å². The monoisotopic (exact) mass is 335 g/mol. The van der Waals surface area contributed by atoms with Crippen LogP contribution in [0.25, 0.3) is 11.2 Å². The number of hydrogen-bond acceptors (Lipinski definition) is 7. The zero-order valence-corrected chi connectivity index (χ0v) is 14.1. The summed E-state index contributed by atoms with van der Waals surface area (Å²) in [6.45, 7) is 2.78. The number of hydrogen-bond donors (Lipinski definition) is 2. The van der Waals surface area contributed by atoms with Crippen LogP contribution >= 0.6 is 11.8 Å². The molecule has 2 unspecified atom stereocenters. The first kappa shape index (κ1) is 16.2. The number of thioether (sulfide) groups is 1. The van der Waals surface area contributed by atoms with Crippen LogP contribution in [0.1, 0.15) is 26.0 Å². The summed E-state index contributed by atoms with van der Waals surface area (Å²) in [5.74, 6) is 0.721. The molecule has 2 aromatic rings. The number of anilines is 1. The molecule has 2 aromatic heterocycles. The van der Waals surface area contributed by atoms with Gasteiger partial charge in [-0.1, -0.05) is 6.08 Å². The number of aromatic nitrogens is 4. The third-order valence-electron chi connectivity index (χ3n) is 3.97. The van der Waals surface area contributed by atoms with Gasteiger partial charge in [0.1, 0.15) is 12.6 Å². The summed E-state index contributed by atoms with van der Waals surface area (Å²) in [4.78, 5) is 14.3. The van der Waals surface area contributed by atoms with E-state index in [1.165, 1.54) is 11.2 Å². The van der Waals surface area contributed by atoms with E-state index in [2.05, 4.69) is 32.6 Å². The Kier molecular flexibility index (Phi) is 5.14. The average molecular weight is 335 g/mol. The molecule has 0 spiro atoms. The van der Waals surface area contributed by atoms with Crippen LogP contribution in [0.4, 0.5) is 5.82 Å². The zero-order valence-electron chi connectivity index (χ0n) is 13.3. The van der Waals surface area contributed by atoms with Gasteiger partial charge in [0.2, 0.25) is 0 Å². The molecule has 1 aliphatic rings. The summed E-state index contributed by atoms with van der Waals surface area (Å²) < 4.78 is 7.74.